The van der Waals surface area contributed by atoms with Gasteiger partial charge in [-0.2, -0.15) is 0 Å². The normalized spacial score (nSPS) is 11.1. The largest absolute Gasteiger partial charge is 0.344 e. The van der Waals surface area contributed by atoms with Crippen LogP contribution in [-0.2, 0) is 9.59 Å². The molecule has 0 aliphatic heterocycles. The Labute approximate surface area is 92.2 Å². The molecule has 4 heteroatoms. The van der Waals surface area contributed by atoms with Crippen molar-refractivity contribution in [3.63, 3.8) is 0 Å². The van der Waals surface area contributed by atoms with Crippen molar-refractivity contribution in [3.8, 4) is 0 Å². The first-order chi connectivity index (χ1) is 6.66. The second-order valence-electron chi connectivity index (χ2n) is 4.92. The molecular formula is C11H22N2O2. The van der Waals surface area contributed by atoms with Crippen molar-refractivity contribution < 1.29 is 9.59 Å². The fraction of sp³-hybridized carbons (Fsp3) is 0.818. The lowest BCUT2D eigenvalue weighted by Crippen LogP contribution is -2.41. The van der Waals surface area contributed by atoms with Gasteiger partial charge in [-0.15, -0.1) is 0 Å². The number of rotatable bonds is 3. The third-order valence-electron chi connectivity index (χ3n) is 2.30. The van der Waals surface area contributed by atoms with Gasteiger partial charge in [0.1, 0.15) is 0 Å². The molecule has 0 radical (unpaired) electrons. The van der Waals surface area contributed by atoms with E-state index in [2.05, 4.69) is 0 Å². The fourth-order valence-corrected chi connectivity index (χ4v) is 1.13. The van der Waals surface area contributed by atoms with Crippen LogP contribution in [0.3, 0.4) is 0 Å². The first kappa shape index (κ1) is 13.9. The summed E-state index contributed by atoms with van der Waals surface area (Å²) in [5, 5.41) is 0. The highest BCUT2D eigenvalue weighted by molar-refractivity contribution is 5.81. The smallest absolute Gasteiger partial charge is 0.227 e. The second kappa shape index (κ2) is 5.14. The van der Waals surface area contributed by atoms with Crippen molar-refractivity contribution >= 4 is 11.8 Å². The highest BCUT2D eigenvalue weighted by Crippen LogP contribution is 2.15. The summed E-state index contributed by atoms with van der Waals surface area (Å²) in [5.41, 5.74) is -0.358. The molecule has 0 rings (SSSR count). The average Bonchev–Trinajstić information content (AvgIpc) is 2.10. The Morgan fingerprint density at radius 1 is 1.00 bits per heavy atom. The van der Waals surface area contributed by atoms with Crippen LogP contribution in [0, 0.1) is 5.41 Å². The van der Waals surface area contributed by atoms with Gasteiger partial charge in [-0.25, -0.2) is 0 Å². The van der Waals surface area contributed by atoms with E-state index in [9.17, 15) is 9.59 Å². The quantitative estimate of drug-likeness (QED) is 0.702. The van der Waals surface area contributed by atoms with E-state index in [-0.39, 0.29) is 17.2 Å². The van der Waals surface area contributed by atoms with Crippen molar-refractivity contribution in [2.45, 2.75) is 27.7 Å². The van der Waals surface area contributed by atoms with Gasteiger partial charge in [0.15, 0.2) is 0 Å². The molecule has 0 saturated heterocycles. The van der Waals surface area contributed by atoms with Gasteiger partial charge in [-0.3, -0.25) is 9.59 Å². The molecule has 0 bridgehead atoms. The monoisotopic (exact) mass is 214 g/mol. The van der Waals surface area contributed by atoms with Crippen LogP contribution in [0.15, 0.2) is 0 Å². The molecule has 0 aromatic heterocycles. The zero-order valence-electron chi connectivity index (χ0n) is 10.6. The van der Waals surface area contributed by atoms with Gasteiger partial charge >= 0.3 is 0 Å². The molecule has 4 nitrogen and oxygen atoms in total. The van der Waals surface area contributed by atoms with Crippen molar-refractivity contribution in [2.24, 2.45) is 5.41 Å². The summed E-state index contributed by atoms with van der Waals surface area (Å²) in [5.74, 6) is 0.117. The average molecular weight is 214 g/mol. The third kappa shape index (κ3) is 4.81. The molecule has 0 spiro atoms. The minimum absolute atomic E-state index is 0.0200. The Kier molecular flexibility index (Phi) is 4.78. The van der Waals surface area contributed by atoms with Crippen LogP contribution in [0.5, 0.6) is 0 Å². The lowest BCUT2D eigenvalue weighted by Gasteiger charge is -2.27. The number of nitrogens with zero attached hydrogens (tertiary/aromatic N) is 2. The van der Waals surface area contributed by atoms with Gasteiger partial charge < -0.3 is 9.80 Å². The summed E-state index contributed by atoms with van der Waals surface area (Å²) in [4.78, 5) is 26.0. The summed E-state index contributed by atoms with van der Waals surface area (Å²) in [6, 6.07) is 0. The lowest BCUT2D eigenvalue weighted by atomic mass is 9.95. The summed E-state index contributed by atoms with van der Waals surface area (Å²) in [6.07, 6.45) is 0. The molecule has 15 heavy (non-hydrogen) atoms. The number of hydrogen-bond donors (Lipinski definition) is 0. The maximum absolute atomic E-state index is 11.8. The molecular weight excluding hydrogens is 192 g/mol. The number of carbonyl (C=O) groups is 2. The van der Waals surface area contributed by atoms with E-state index in [1.54, 1.807) is 23.9 Å². The number of likely N-dealkylation sites (N-methyl/N-ethyl adjacent to an activating group) is 2. The van der Waals surface area contributed by atoms with Gasteiger partial charge in [-0.05, 0) is 0 Å². The molecule has 0 aliphatic rings. The Hall–Kier alpha value is -1.06. The summed E-state index contributed by atoms with van der Waals surface area (Å²) in [7, 11) is 3.50. The van der Waals surface area contributed by atoms with Crippen LogP contribution >= 0.6 is 0 Å². The molecule has 0 unspecified atom stereocenters. The maximum atomic E-state index is 11.8. The maximum Gasteiger partial charge on any atom is 0.227 e. The van der Waals surface area contributed by atoms with Crippen LogP contribution in [0.4, 0.5) is 0 Å². The first-order valence-corrected chi connectivity index (χ1v) is 5.13. The Morgan fingerprint density at radius 2 is 1.40 bits per heavy atom. The van der Waals surface area contributed by atoms with Crippen molar-refractivity contribution in [3.05, 3.63) is 0 Å². The minimum atomic E-state index is -0.358. The number of amides is 2. The van der Waals surface area contributed by atoms with Crippen LogP contribution in [0.25, 0.3) is 0 Å². The van der Waals surface area contributed by atoms with Crippen LogP contribution in [-0.4, -0.2) is 48.8 Å². The molecule has 0 aliphatic carbocycles. The Balaban J connectivity index is 4.10. The topological polar surface area (TPSA) is 40.6 Å². The van der Waals surface area contributed by atoms with Crippen LogP contribution in [0.2, 0.25) is 0 Å². The zero-order chi connectivity index (χ0) is 12.2. The van der Waals surface area contributed by atoms with Gasteiger partial charge in [0.25, 0.3) is 0 Å². The van der Waals surface area contributed by atoms with Crippen molar-refractivity contribution in [1.29, 1.82) is 0 Å². The van der Waals surface area contributed by atoms with Gasteiger partial charge in [-0.1, -0.05) is 20.8 Å². The molecule has 88 valence electrons. The van der Waals surface area contributed by atoms with Crippen molar-refractivity contribution in [2.75, 3.05) is 27.2 Å². The summed E-state index contributed by atoms with van der Waals surface area (Å²) >= 11 is 0. The Bertz CT molecular complexity index is 243. The van der Waals surface area contributed by atoms with Crippen molar-refractivity contribution in [1.82, 2.24) is 9.80 Å². The number of hydrogen-bond acceptors (Lipinski definition) is 2. The first-order valence-electron chi connectivity index (χ1n) is 5.13. The molecule has 0 fully saturated rings. The lowest BCUT2D eigenvalue weighted by molar-refractivity contribution is -0.139. The highest BCUT2D eigenvalue weighted by Gasteiger charge is 2.24. The Morgan fingerprint density at radius 3 is 1.73 bits per heavy atom. The minimum Gasteiger partial charge on any atom is -0.344 e. The third-order valence-corrected chi connectivity index (χ3v) is 2.30. The molecule has 0 aromatic rings. The van der Waals surface area contributed by atoms with E-state index < -0.39 is 0 Å². The molecule has 0 N–H and O–H groups in total. The van der Waals surface area contributed by atoms with Gasteiger partial charge in [0, 0.05) is 39.5 Å². The molecule has 0 atom stereocenters. The zero-order valence-corrected chi connectivity index (χ0v) is 10.6. The molecule has 0 heterocycles. The fourth-order valence-electron chi connectivity index (χ4n) is 1.13. The molecule has 0 saturated carbocycles. The second-order valence-corrected chi connectivity index (χ2v) is 4.92. The predicted octanol–water partition coefficient (Wildman–Crippen LogP) is 0.969. The number of carbonyl (C=O) groups excluding carboxylic acids is 2. The van der Waals surface area contributed by atoms with Gasteiger partial charge in [0.2, 0.25) is 11.8 Å². The highest BCUT2D eigenvalue weighted by atomic mass is 16.2. The summed E-state index contributed by atoms with van der Waals surface area (Å²) < 4.78 is 0. The standard InChI is InChI=1S/C11H22N2O2/c1-9(14)12(5)7-8-13(6)10(15)11(2,3)4/h7-8H2,1-6H3. The van der Waals surface area contributed by atoms with Crippen LogP contribution in [0.1, 0.15) is 27.7 Å². The van der Waals surface area contributed by atoms with Gasteiger partial charge in [0.05, 0.1) is 0 Å². The van der Waals surface area contributed by atoms with E-state index in [4.69, 9.17) is 0 Å². The van der Waals surface area contributed by atoms with E-state index in [1.807, 2.05) is 20.8 Å². The van der Waals surface area contributed by atoms with Crippen LogP contribution < -0.4 is 0 Å². The van der Waals surface area contributed by atoms with E-state index in [1.165, 1.54) is 6.92 Å². The molecule has 2 amide bonds. The van der Waals surface area contributed by atoms with E-state index in [0.29, 0.717) is 13.1 Å². The SMILES string of the molecule is CC(=O)N(C)CCN(C)C(=O)C(C)(C)C. The van der Waals surface area contributed by atoms with E-state index >= 15 is 0 Å². The summed E-state index contributed by atoms with van der Waals surface area (Å²) in [6.45, 7) is 8.34. The predicted molar refractivity (Wildman–Crippen MR) is 60.4 cm³/mol. The van der Waals surface area contributed by atoms with E-state index in [0.717, 1.165) is 0 Å². The molecule has 0 aromatic carbocycles.